The van der Waals surface area contributed by atoms with Crippen LogP contribution in [0.4, 0.5) is 0 Å². The van der Waals surface area contributed by atoms with Crippen LogP contribution in [0.15, 0.2) is 0 Å². The summed E-state index contributed by atoms with van der Waals surface area (Å²) >= 11 is 3.86. The molecule has 15 nitrogen and oxygen atoms in total. The molecule has 4 unspecified atom stereocenters. The number of nitrogens with one attached hydrogen (secondary N) is 3. The van der Waals surface area contributed by atoms with Gasteiger partial charge in [-0.1, -0.05) is 0 Å². The number of hydrogen-bond acceptors (Lipinski definition) is 9. The molecule has 0 rings (SSSR count). The van der Waals surface area contributed by atoms with E-state index in [1.165, 1.54) is 0 Å². The van der Waals surface area contributed by atoms with Crippen LogP contribution in [-0.2, 0) is 33.6 Å². The van der Waals surface area contributed by atoms with Crippen LogP contribution in [0.1, 0.15) is 25.7 Å². The van der Waals surface area contributed by atoms with Gasteiger partial charge in [-0.3, -0.25) is 28.8 Å². The summed E-state index contributed by atoms with van der Waals surface area (Å²) < 4.78 is 0. The summed E-state index contributed by atoms with van der Waals surface area (Å²) in [6.45, 7) is 0. The van der Waals surface area contributed by atoms with Crippen molar-refractivity contribution in [2.45, 2.75) is 49.9 Å². The highest BCUT2D eigenvalue weighted by Crippen LogP contribution is 2.02. The van der Waals surface area contributed by atoms with Crippen LogP contribution in [0.25, 0.3) is 0 Å². The maximum absolute atomic E-state index is 12.4. The van der Waals surface area contributed by atoms with Crippen molar-refractivity contribution < 1.29 is 54.0 Å². The Hall–Kier alpha value is -3.40. The van der Waals surface area contributed by atoms with E-state index in [1.807, 2.05) is 10.6 Å². The summed E-state index contributed by atoms with van der Waals surface area (Å²) in [4.78, 5) is 80.1. The zero-order valence-electron chi connectivity index (χ0n) is 16.5. The quantitative estimate of drug-likeness (QED) is 0.104. The van der Waals surface area contributed by atoms with E-state index >= 15 is 0 Å². The third kappa shape index (κ3) is 11.1. The van der Waals surface area contributed by atoms with E-state index in [2.05, 4.69) is 17.9 Å². The minimum Gasteiger partial charge on any atom is -0.481 e. The number of aliphatic carboxylic acids is 4. The third-order valence-electron chi connectivity index (χ3n) is 3.82. The fraction of sp³-hybridized carbons (Fsp3) is 0.562. The lowest BCUT2D eigenvalue weighted by Gasteiger charge is -2.23. The van der Waals surface area contributed by atoms with Crippen molar-refractivity contribution in [3.8, 4) is 0 Å². The van der Waals surface area contributed by atoms with E-state index < -0.39 is 91.4 Å². The van der Waals surface area contributed by atoms with Gasteiger partial charge in [-0.25, -0.2) is 4.79 Å². The van der Waals surface area contributed by atoms with Crippen molar-refractivity contribution in [3.05, 3.63) is 0 Å². The molecule has 0 aromatic heterocycles. The van der Waals surface area contributed by atoms with Crippen LogP contribution < -0.4 is 21.7 Å². The van der Waals surface area contributed by atoms with E-state index in [1.54, 1.807) is 0 Å². The normalized spacial score (nSPS) is 14.2. The van der Waals surface area contributed by atoms with Gasteiger partial charge in [-0.05, 0) is 6.42 Å². The van der Waals surface area contributed by atoms with Gasteiger partial charge in [0.2, 0.25) is 17.7 Å². The van der Waals surface area contributed by atoms with Gasteiger partial charge in [0.25, 0.3) is 0 Å². The summed E-state index contributed by atoms with van der Waals surface area (Å²) in [6, 6.07) is -6.37. The Balaban J connectivity index is 5.30. The Morgan fingerprint density at radius 2 is 1.16 bits per heavy atom. The Morgan fingerprint density at radius 1 is 0.688 bits per heavy atom. The second-order valence-corrected chi connectivity index (χ2v) is 6.80. The molecule has 4 atom stereocenters. The van der Waals surface area contributed by atoms with Crippen LogP contribution in [-0.4, -0.2) is 91.9 Å². The zero-order chi connectivity index (χ0) is 25.0. The molecule has 0 aromatic carbocycles. The third-order valence-corrected chi connectivity index (χ3v) is 4.19. The first kappa shape index (κ1) is 28.6. The summed E-state index contributed by atoms with van der Waals surface area (Å²) in [6.07, 6.45) is -2.79. The molecule has 9 N–H and O–H groups in total. The molecule has 0 aromatic rings. The number of hydrogen-bond donors (Lipinski definition) is 9. The molecule has 0 heterocycles. The SMILES string of the molecule is NC(CC(=O)O)C(=O)NC(CS)C(=O)NC(CC(=O)O)C(=O)NC(CCC(=O)O)C(=O)O. The van der Waals surface area contributed by atoms with Crippen LogP contribution >= 0.6 is 12.6 Å². The highest BCUT2D eigenvalue weighted by Gasteiger charge is 2.31. The van der Waals surface area contributed by atoms with Crippen molar-refractivity contribution in [2.24, 2.45) is 5.73 Å². The molecule has 180 valence electrons. The molecule has 32 heavy (non-hydrogen) atoms. The van der Waals surface area contributed by atoms with Crippen molar-refractivity contribution in [1.82, 2.24) is 16.0 Å². The lowest BCUT2D eigenvalue weighted by molar-refractivity contribution is -0.144. The molecule has 0 aliphatic heterocycles. The van der Waals surface area contributed by atoms with E-state index in [0.29, 0.717) is 0 Å². The van der Waals surface area contributed by atoms with Gasteiger partial charge in [0.05, 0.1) is 18.9 Å². The first-order chi connectivity index (χ1) is 14.8. The first-order valence-corrected chi connectivity index (χ1v) is 9.57. The van der Waals surface area contributed by atoms with Crippen LogP contribution in [0.3, 0.4) is 0 Å². The van der Waals surface area contributed by atoms with Crippen molar-refractivity contribution in [3.63, 3.8) is 0 Å². The average Bonchev–Trinajstić information content (AvgIpc) is 2.66. The summed E-state index contributed by atoms with van der Waals surface area (Å²) in [5.74, 6) is -9.44. The first-order valence-electron chi connectivity index (χ1n) is 8.94. The molecule has 16 heteroatoms. The van der Waals surface area contributed by atoms with Gasteiger partial charge in [0.1, 0.15) is 18.1 Å². The Labute approximate surface area is 186 Å². The van der Waals surface area contributed by atoms with Crippen molar-refractivity contribution >= 4 is 54.2 Å². The number of rotatable bonds is 15. The topological polar surface area (TPSA) is 263 Å². The monoisotopic (exact) mass is 480 g/mol. The Morgan fingerprint density at radius 3 is 1.59 bits per heavy atom. The second-order valence-electron chi connectivity index (χ2n) is 6.44. The predicted octanol–water partition coefficient (Wildman–Crippen LogP) is -3.40. The van der Waals surface area contributed by atoms with Crippen LogP contribution in [0, 0.1) is 0 Å². The smallest absolute Gasteiger partial charge is 0.326 e. The number of carboxylic acids is 4. The summed E-state index contributed by atoms with van der Waals surface area (Å²) in [5, 5.41) is 41.5. The van der Waals surface area contributed by atoms with E-state index in [-0.39, 0.29) is 5.75 Å². The van der Waals surface area contributed by atoms with Gasteiger partial charge in [-0.2, -0.15) is 12.6 Å². The standard InChI is InChI=1S/C16H24N4O11S/c17-6(3-11(23)24)13(27)20-9(5-32)15(29)19-8(4-12(25)26)14(28)18-7(16(30)31)1-2-10(21)22/h6-9,32H,1-5,17H2,(H,18,28)(H,19,29)(H,20,27)(H,21,22)(H,23,24)(H,25,26)(H,30,31). The molecule has 0 spiro atoms. The summed E-state index contributed by atoms with van der Waals surface area (Å²) in [5.41, 5.74) is 5.38. The van der Waals surface area contributed by atoms with Gasteiger partial charge in [0.15, 0.2) is 0 Å². The molecule has 0 aliphatic carbocycles. The van der Waals surface area contributed by atoms with Crippen molar-refractivity contribution in [2.75, 3.05) is 5.75 Å². The van der Waals surface area contributed by atoms with Crippen LogP contribution in [0.5, 0.6) is 0 Å². The number of nitrogens with two attached hydrogens (primary N) is 1. The van der Waals surface area contributed by atoms with Gasteiger partial charge >= 0.3 is 23.9 Å². The lowest BCUT2D eigenvalue weighted by atomic mass is 10.1. The maximum Gasteiger partial charge on any atom is 0.326 e. The van der Waals surface area contributed by atoms with E-state index in [4.69, 9.17) is 26.2 Å². The Bertz CT molecular complexity index is 760. The molecule has 3 amide bonds. The minimum atomic E-state index is -1.78. The van der Waals surface area contributed by atoms with Crippen molar-refractivity contribution in [1.29, 1.82) is 0 Å². The molecule has 0 radical (unpaired) electrons. The van der Waals surface area contributed by atoms with Gasteiger partial charge in [0, 0.05) is 12.2 Å². The second kappa shape index (κ2) is 13.8. The number of thiol groups is 1. The molecular weight excluding hydrogens is 456 g/mol. The maximum atomic E-state index is 12.4. The number of carbonyl (C=O) groups is 7. The minimum absolute atomic E-state index is 0.338. The molecule has 0 saturated heterocycles. The predicted molar refractivity (Wildman–Crippen MR) is 107 cm³/mol. The lowest BCUT2D eigenvalue weighted by Crippen LogP contribution is -2.58. The molecular formula is C16H24N4O11S. The summed E-state index contributed by atoms with van der Waals surface area (Å²) in [7, 11) is 0. The highest BCUT2D eigenvalue weighted by atomic mass is 32.1. The fourth-order valence-corrected chi connectivity index (χ4v) is 2.46. The Kier molecular flexibility index (Phi) is 12.3. The molecule has 0 bridgehead atoms. The molecule has 0 fully saturated rings. The molecule has 0 saturated carbocycles. The fourth-order valence-electron chi connectivity index (χ4n) is 2.21. The van der Waals surface area contributed by atoms with E-state index in [9.17, 15) is 33.6 Å². The van der Waals surface area contributed by atoms with Gasteiger partial charge < -0.3 is 42.1 Å². The average molecular weight is 480 g/mol. The number of carbonyl (C=O) groups excluding carboxylic acids is 3. The molecule has 0 aliphatic rings. The van der Waals surface area contributed by atoms with Gasteiger partial charge in [-0.15, -0.1) is 0 Å². The van der Waals surface area contributed by atoms with E-state index in [0.717, 1.165) is 0 Å². The zero-order valence-corrected chi connectivity index (χ0v) is 17.4. The number of amides is 3. The largest absolute Gasteiger partial charge is 0.481 e. The number of carboxylic acid groups (broad SMARTS) is 4. The van der Waals surface area contributed by atoms with Crippen LogP contribution in [0.2, 0.25) is 0 Å². The highest BCUT2D eigenvalue weighted by molar-refractivity contribution is 7.80.